The summed E-state index contributed by atoms with van der Waals surface area (Å²) in [5, 5.41) is 5.00. The summed E-state index contributed by atoms with van der Waals surface area (Å²) in [6.07, 6.45) is 9.38. The summed E-state index contributed by atoms with van der Waals surface area (Å²) in [4.78, 5) is 18.9. The lowest BCUT2D eigenvalue weighted by Crippen LogP contribution is -2.25. The molecule has 0 unspecified atom stereocenters. The molecule has 1 N–H and O–H groups in total. The van der Waals surface area contributed by atoms with Crippen molar-refractivity contribution in [2.45, 2.75) is 37.8 Å². The molecule has 1 aliphatic heterocycles. The molecule has 1 fully saturated rings. The van der Waals surface area contributed by atoms with Crippen LogP contribution in [0.5, 0.6) is 0 Å². The number of fused-ring (bicyclic) bond motifs is 2. The molecular weight excluding hydrogens is 484 g/mol. The first kappa shape index (κ1) is 23.6. The molecule has 8 heteroatoms. The van der Waals surface area contributed by atoms with Gasteiger partial charge in [0.1, 0.15) is 5.82 Å². The third-order valence-electron chi connectivity index (χ3n) is 6.91. The van der Waals surface area contributed by atoms with Crippen molar-refractivity contribution in [3.05, 3.63) is 89.6 Å². The highest BCUT2D eigenvalue weighted by atomic mass is 35.5. The van der Waals surface area contributed by atoms with Crippen LogP contribution in [0.3, 0.4) is 0 Å². The number of anilines is 2. The first-order valence-electron chi connectivity index (χ1n) is 12.5. The first-order valence-corrected chi connectivity index (χ1v) is 12.9. The van der Waals surface area contributed by atoms with E-state index in [2.05, 4.69) is 38.1 Å². The zero-order chi connectivity index (χ0) is 25.2. The molecule has 0 spiro atoms. The molecule has 3 aliphatic rings. The van der Waals surface area contributed by atoms with Crippen LogP contribution in [0.1, 0.15) is 25.7 Å². The molecule has 6 rings (SSSR count). The SMILES string of the molecule is COC1CCC(N=c2cc3n(-c4ccc(Cl)cc4)c4ccccc4nc-3cc2Nc2cnccn2)CC1. The van der Waals surface area contributed by atoms with Crippen LogP contribution < -0.4 is 10.7 Å². The Bertz CT molecular complexity index is 1560. The summed E-state index contributed by atoms with van der Waals surface area (Å²) >= 11 is 6.22. The number of methoxy groups -OCH3 is 1. The monoisotopic (exact) mass is 510 g/mol. The second kappa shape index (κ2) is 10.3. The Labute approximate surface area is 220 Å². The number of halogens is 1. The Hall–Kier alpha value is -3.81. The van der Waals surface area contributed by atoms with Crippen LogP contribution in [0.15, 0.2) is 84.2 Å². The number of aromatic nitrogens is 4. The number of nitrogens with one attached hydrogen (secondary N) is 1. The van der Waals surface area contributed by atoms with Gasteiger partial charge in [0.2, 0.25) is 0 Å². The number of hydrogen-bond donors (Lipinski definition) is 1. The van der Waals surface area contributed by atoms with Gasteiger partial charge < -0.3 is 14.6 Å². The van der Waals surface area contributed by atoms with E-state index in [0.717, 1.165) is 64.8 Å². The molecule has 0 saturated heterocycles. The summed E-state index contributed by atoms with van der Waals surface area (Å²) < 4.78 is 7.80. The summed E-state index contributed by atoms with van der Waals surface area (Å²) in [6, 6.07) is 20.5. The van der Waals surface area contributed by atoms with Gasteiger partial charge in [0.25, 0.3) is 0 Å². The Morgan fingerprint density at radius 1 is 1.00 bits per heavy atom. The molecule has 7 nitrogen and oxygen atoms in total. The van der Waals surface area contributed by atoms with E-state index in [0.29, 0.717) is 16.9 Å². The van der Waals surface area contributed by atoms with Crippen molar-refractivity contribution >= 4 is 34.1 Å². The number of nitrogens with zero attached hydrogens (tertiary/aromatic N) is 5. The van der Waals surface area contributed by atoms with Crippen LogP contribution in [-0.4, -0.2) is 38.8 Å². The summed E-state index contributed by atoms with van der Waals surface area (Å²) in [5.41, 5.74) is 5.59. The van der Waals surface area contributed by atoms with Gasteiger partial charge in [-0.05, 0) is 74.2 Å². The normalized spacial score (nSPS) is 18.4. The van der Waals surface area contributed by atoms with Crippen LogP contribution in [0, 0.1) is 0 Å². The second-order valence-corrected chi connectivity index (χ2v) is 9.72. The fourth-order valence-corrected chi connectivity index (χ4v) is 5.15. The van der Waals surface area contributed by atoms with Gasteiger partial charge >= 0.3 is 0 Å². The highest BCUT2D eigenvalue weighted by molar-refractivity contribution is 6.30. The molecular formula is C29H27ClN6O. The third kappa shape index (κ3) is 4.92. The fraction of sp³-hybridized carbons (Fsp3) is 0.241. The van der Waals surface area contributed by atoms with Crippen molar-refractivity contribution in [2.24, 2.45) is 4.99 Å². The van der Waals surface area contributed by atoms with Gasteiger partial charge in [0, 0.05) is 30.2 Å². The maximum Gasteiger partial charge on any atom is 0.148 e. The lowest BCUT2D eigenvalue weighted by atomic mass is 9.93. The van der Waals surface area contributed by atoms with Crippen molar-refractivity contribution in [3.63, 3.8) is 0 Å². The van der Waals surface area contributed by atoms with Crippen molar-refractivity contribution in [1.29, 1.82) is 0 Å². The topological polar surface area (TPSA) is 77.2 Å². The van der Waals surface area contributed by atoms with E-state index in [1.807, 2.05) is 42.5 Å². The minimum absolute atomic E-state index is 0.226. The van der Waals surface area contributed by atoms with Crippen LogP contribution in [0.2, 0.25) is 5.02 Å². The van der Waals surface area contributed by atoms with Gasteiger partial charge in [-0.15, -0.1) is 0 Å². The number of benzene rings is 3. The molecule has 1 aromatic heterocycles. The molecule has 3 aromatic rings. The van der Waals surface area contributed by atoms with Crippen molar-refractivity contribution < 1.29 is 4.74 Å². The van der Waals surface area contributed by atoms with Crippen LogP contribution in [0.25, 0.3) is 28.1 Å². The maximum atomic E-state index is 6.22. The minimum Gasteiger partial charge on any atom is -0.381 e. The van der Waals surface area contributed by atoms with Crippen molar-refractivity contribution in [2.75, 3.05) is 12.4 Å². The fourth-order valence-electron chi connectivity index (χ4n) is 5.03. The van der Waals surface area contributed by atoms with Crippen molar-refractivity contribution in [3.8, 4) is 17.1 Å². The quantitative estimate of drug-likeness (QED) is 0.286. The number of ether oxygens (including phenoxy) is 1. The Morgan fingerprint density at radius 3 is 2.57 bits per heavy atom. The van der Waals surface area contributed by atoms with E-state index in [4.69, 9.17) is 26.3 Å². The van der Waals surface area contributed by atoms with E-state index in [9.17, 15) is 0 Å². The van der Waals surface area contributed by atoms with Crippen LogP contribution >= 0.6 is 11.6 Å². The molecule has 186 valence electrons. The van der Waals surface area contributed by atoms with Gasteiger partial charge in [0.05, 0.1) is 51.8 Å². The van der Waals surface area contributed by atoms with E-state index in [-0.39, 0.29) is 6.04 Å². The smallest absolute Gasteiger partial charge is 0.148 e. The summed E-state index contributed by atoms with van der Waals surface area (Å²) in [7, 11) is 1.79. The average molecular weight is 511 g/mol. The van der Waals surface area contributed by atoms with Crippen LogP contribution in [-0.2, 0) is 4.74 Å². The molecule has 0 amide bonds. The number of hydrogen-bond acceptors (Lipinski definition) is 6. The predicted molar refractivity (Wildman–Crippen MR) is 147 cm³/mol. The lowest BCUT2D eigenvalue weighted by Gasteiger charge is -2.25. The number of para-hydroxylation sites is 2. The Kier molecular flexibility index (Phi) is 6.55. The summed E-state index contributed by atoms with van der Waals surface area (Å²) in [5.74, 6) is 0.660. The van der Waals surface area contributed by atoms with Gasteiger partial charge in [-0.25, -0.2) is 9.97 Å². The highest BCUT2D eigenvalue weighted by Crippen LogP contribution is 2.31. The molecule has 0 radical (unpaired) electrons. The maximum absolute atomic E-state index is 6.22. The molecule has 2 aromatic carbocycles. The van der Waals surface area contributed by atoms with Gasteiger partial charge in [-0.3, -0.25) is 9.98 Å². The van der Waals surface area contributed by atoms with Gasteiger partial charge in [-0.2, -0.15) is 0 Å². The zero-order valence-corrected chi connectivity index (χ0v) is 21.3. The van der Waals surface area contributed by atoms with E-state index in [1.165, 1.54) is 0 Å². The lowest BCUT2D eigenvalue weighted by molar-refractivity contribution is 0.0663. The zero-order valence-electron chi connectivity index (χ0n) is 20.5. The summed E-state index contributed by atoms with van der Waals surface area (Å²) in [6.45, 7) is 0. The minimum atomic E-state index is 0.226. The third-order valence-corrected chi connectivity index (χ3v) is 7.16. The Balaban J connectivity index is 1.57. The standard InChI is InChI=1S/C29H27ClN6O/c1-37-22-12-8-20(9-13-22)33-25-17-28-26(16-24(25)35-29-18-31-14-15-32-29)34-23-4-2-3-5-27(23)36(28)21-10-6-19(30)7-11-21/h2-7,10-11,14-18,20,22H,8-9,12-13H2,1H3,(H,32,35). The van der Waals surface area contributed by atoms with Crippen molar-refractivity contribution in [1.82, 2.24) is 19.5 Å². The second-order valence-electron chi connectivity index (χ2n) is 9.28. The largest absolute Gasteiger partial charge is 0.381 e. The Morgan fingerprint density at radius 2 is 1.81 bits per heavy atom. The molecule has 2 heterocycles. The van der Waals surface area contributed by atoms with Gasteiger partial charge in [0.15, 0.2) is 0 Å². The van der Waals surface area contributed by atoms with E-state index in [1.54, 1.807) is 25.7 Å². The highest BCUT2D eigenvalue weighted by Gasteiger charge is 2.21. The predicted octanol–water partition coefficient (Wildman–Crippen LogP) is 6.18. The number of rotatable bonds is 5. The molecule has 0 bridgehead atoms. The van der Waals surface area contributed by atoms with E-state index < -0.39 is 0 Å². The first-order chi connectivity index (χ1) is 18.2. The average Bonchev–Trinajstić information content (AvgIpc) is 2.94. The molecule has 1 saturated carbocycles. The molecule has 37 heavy (non-hydrogen) atoms. The molecule has 2 aliphatic carbocycles. The van der Waals surface area contributed by atoms with E-state index >= 15 is 0 Å². The molecule has 0 atom stereocenters. The van der Waals surface area contributed by atoms with Crippen LogP contribution in [0.4, 0.5) is 11.5 Å². The van der Waals surface area contributed by atoms with Gasteiger partial charge in [-0.1, -0.05) is 23.7 Å².